The van der Waals surface area contributed by atoms with Crippen LogP contribution >= 0.6 is 39.1 Å². The summed E-state index contributed by atoms with van der Waals surface area (Å²) >= 11 is 15.4. The first-order valence-electron chi connectivity index (χ1n) is 11.3. The molecular weight excluding hydrogens is 617 g/mol. The average Bonchev–Trinajstić information content (AvgIpc) is 2.88. The van der Waals surface area contributed by atoms with Crippen LogP contribution in [-0.2, 0) is 16.2 Å². The number of nitro benzene ring substituents is 1. The summed E-state index contributed by atoms with van der Waals surface area (Å²) in [4.78, 5) is 49.7. The molecule has 3 aromatic carbocycles. The maximum Gasteiger partial charge on any atom is 0.335 e. The van der Waals surface area contributed by atoms with E-state index in [0.717, 1.165) is 4.90 Å². The van der Waals surface area contributed by atoms with Gasteiger partial charge < -0.3 is 9.47 Å². The minimum atomic E-state index is -0.929. The number of non-ortho nitro benzene ring substituents is 1. The molecule has 0 bridgehead atoms. The fourth-order valence-corrected chi connectivity index (χ4v) is 4.54. The van der Waals surface area contributed by atoms with Gasteiger partial charge in [-0.2, -0.15) is 0 Å². The van der Waals surface area contributed by atoms with E-state index in [9.17, 15) is 24.5 Å². The second-order valence-electron chi connectivity index (χ2n) is 8.03. The lowest BCUT2D eigenvalue weighted by Gasteiger charge is -2.26. The van der Waals surface area contributed by atoms with Crippen LogP contribution in [0.5, 0.6) is 11.5 Å². The zero-order valence-electron chi connectivity index (χ0n) is 20.1. The zero-order valence-corrected chi connectivity index (χ0v) is 23.2. The number of hydrogen-bond donors (Lipinski definition) is 1. The third-order valence-corrected chi connectivity index (χ3v) is 6.74. The topological polar surface area (TPSA) is 128 Å². The summed E-state index contributed by atoms with van der Waals surface area (Å²) in [7, 11) is 0. The van der Waals surface area contributed by atoms with Gasteiger partial charge in [0.2, 0.25) is 0 Å². The summed E-state index contributed by atoms with van der Waals surface area (Å²) in [6, 6.07) is 12.5. The number of nitro groups is 1. The molecule has 0 saturated carbocycles. The van der Waals surface area contributed by atoms with Crippen LogP contribution in [0.25, 0.3) is 6.08 Å². The third kappa shape index (κ3) is 6.22. The second-order valence-corrected chi connectivity index (χ2v) is 9.70. The average molecular weight is 635 g/mol. The molecule has 4 rings (SSSR count). The standard InChI is InChI=1S/C26H18BrCl2N3O7/c1-2-38-22-11-15(10-19(27)23(22)39-13-14-4-3-5-17(8-14)32(36)37)9-18-24(33)30-26(35)31(25(18)34)16-6-7-20(28)21(29)12-16/h3-12H,2,13H2,1H3,(H,30,33,35)/b18-9+. The highest BCUT2D eigenvalue weighted by molar-refractivity contribution is 9.10. The molecule has 0 aromatic heterocycles. The van der Waals surface area contributed by atoms with Crippen molar-refractivity contribution in [3.63, 3.8) is 0 Å². The molecule has 0 atom stereocenters. The molecule has 13 heteroatoms. The van der Waals surface area contributed by atoms with E-state index in [1.807, 2.05) is 0 Å². The molecule has 1 saturated heterocycles. The van der Waals surface area contributed by atoms with E-state index >= 15 is 0 Å². The van der Waals surface area contributed by atoms with Gasteiger partial charge in [0.15, 0.2) is 11.5 Å². The van der Waals surface area contributed by atoms with Crippen LogP contribution in [0.2, 0.25) is 10.0 Å². The van der Waals surface area contributed by atoms with Crippen molar-refractivity contribution in [1.82, 2.24) is 5.32 Å². The van der Waals surface area contributed by atoms with Crippen molar-refractivity contribution in [3.8, 4) is 11.5 Å². The minimum absolute atomic E-state index is 0.0163. The number of barbiturate groups is 1. The number of hydrogen-bond acceptors (Lipinski definition) is 7. The van der Waals surface area contributed by atoms with Gasteiger partial charge in [-0.1, -0.05) is 35.3 Å². The molecule has 4 amide bonds. The Morgan fingerprint density at radius 3 is 2.51 bits per heavy atom. The Morgan fingerprint density at radius 1 is 1.05 bits per heavy atom. The van der Waals surface area contributed by atoms with E-state index in [4.69, 9.17) is 32.7 Å². The predicted octanol–water partition coefficient (Wildman–Crippen LogP) is 6.31. The summed E-state index contributed by atoms with van der Waals surface area (Å²) in [5.41, 5.74) is 0.730. The number of carbonyl (C=O) groups excluding carboxylic acids is 3. The highest BCUT2D eigenvalue weighted by atomic mass is 79.9. The van der Waals surface area contributed by atoms with E-state index in [-0.39, 0.29) is 40.2 Å². The molecule has 10 nitrogen and oxygen atoms in total. The monoisotopic (exact) mass is 633 g/mol. The number of anilines is 1. The van der Waals surface area contributed by atoms with Gasteiger partial charge in [0.1, 0.15) is 12.2 Å². The number of rotatable bonds is 8. The fraction of sp³-hybridized carbons (Fsp3) is 0.115. The lowest BCUT2D eigenvalue weighted by Crippen LogP contribution is -2.54. The molecule has 1 aliphatic rings. The fourth-order valence-electron chi connectivity index (χ4n) is 3.67. The Hall–Kier alpha value is -3.93. The number of benzene rings is 3. The molecule has 0 spiro atoms. The first-order chi connectivity index (χ1) is 18.6. The van der Waals surface area contributed by atoms with Gasteiger partial charge in [0, 0.05) is 12.1 Å². The first-order valence-corrected chi connectivity index (χ1v) is 12.8. The molecular formula is C26H18BrCl2N3O7. The molecule has 0 unspecified atom stereocenters. The number of amides is 4. The van der Waals surface area contributed by atoms with Crippen LogP contribution in [-0.4, -0.2) is 29.4 Å². The van der Waals surface area contributed by atoms with Crippen molar-refractivity contribution in [2.75, 3.05) is 11.5 Å². The number of ether oxygens (including phenoxy) is 2. The van der Waals surface area contributed by atoms with Crippen LogP contribution in [0.3, 0.4) is 0 Å². The number of nitrogens with zero attached hydrogens (tertiary/aromatic N) is 2. The van der Waals surface area contributed by atoms with Gasteiger partial charge in [0.05, 0.1) is 31.7 Å². The molecule has 1 N–H and O–H groups in total. The Labute approximate surface area is 240 Å². The van der Waals surface area contributed by atoms with E-state index < -0.39 is 22.8 Å². The lowest BCUT2D eigenvalue weighted by molar-refractivity contribution is -0.384. The summed E-state index contributed by atoms with van der Waals surface area (Å²) < 4.78 is 12.1. The quantitative estimate of drug-likeness (QED) is 0.133. The van der Waals surface area contributed by atoms with Gasteiger partial charge in [-0.3, -0.25) is 25.0 Å². The largest absolute Gasteiger partial charge is 0.490 e. The lowest BCUT2D eigenvalue weighted by atomic mass is 10.1. The Balaban J connectivity index is 1.65. The molecule has 39 heavy (non-hydrogen) atoms. The third-order valence-electron chi connectivity index (χ3n) is 5.41. The number of carbonyl (C=O) groups is 3. The van der Waals surface area contributed by atoms with Crippen LogP contribution in [0.1, 0.15) is 18.1 Å². The Kier molecular flexibility index (Phi) is 8.54. The van der Waals surface area contributed by atoms with Crippen LogP contribution in [0.15, 0.2) is 64.6 Å². The number of nitrogens with one attached hydrogen (secondary N) is 1. The van der Waals surface area contributed by atoms with E-state index in [1.165, 1.54) is 36.4 Å². The van der Waals surface area contributed by atoms with E-state index in [1.54, 1.807) is 31.2 Å². The van der Waals surface area contributed by atoms with Crippen molar-refractivity contribution < 1.29 is 28.8 Å². The van der Waals surface area contributed by atoms with Gasteiger partial charge in [-0.25, -0.2) is 9.69 Å². The van der Waals surface area contributed by atoms with Gasteiger partial charge in [-0.15, -0.1) is 0 Å². The van der Waals surface area contributed by atoms with Gasteiger partial charge in [0.25, 0.3) is 17.5 Å². The van der Waals surface area contributed by atoms with Crippen molar-refractivity contribution in [2.45, 2.75) is 13.5 Å². The molecule has 1 heterocycles. The Bertz CT molecular complexity index is 1540. The van der Waals surface area contributed by atoms with Gasteiger partial charge in [-0.05, 0) is 70.4 Å². The molecule has 0 aliphatic carbocycles. The molecule has 1 aliphatic heterocycles. The summed E-state index contributed by atoms with van der Waals surface area (Å²) in [5, 5.41) is 13.6. The summed E-state index contributed by atoms with van der Waals surface area (Å²) in [6.07, 6.45) is 1.31. The van der Waals surface area contributed by atoms with Gasteiger partial charge >= 0.3 is 6.03 Å². The van der Waals surface area contributed by atoms with Crippen LogP contribution < -0.4 is 19.7 Å². The van der Waals surface area contributed by atoms with Crippen molar-refractivity contribution in [1.29, 1.82) is 0 Å². The molecule has 1 fully saturated rings. The predicted molar refractivity (Wildman–Crippen MR) is 148 cm³/mol. The molecule has 0 radical (unpaired) electrons. The minimum Gasteiger partial charge on any atom is -0.490 e. The Morgan fingerprint density at radius 2 is 1.82 bits per heavy atom. The zero-order chi connectivity index (χ0) is 28.3. The van der Waals surface area contributed by atoms with Crippen molar-refractivity contribution in [3.05, 3.63) is 95.9 Å². The molecule has 200 valence electrons. The van der Waals surface area contributed by atoms with Crippen molar-refractivity contribution >= 4 is 74.4 Å². The SMILES string of the molecule is CCOc1cc(/C=C2\C(=O)NC(=O)N(c3ccc(Cl)c(Cl)c3)C2=O)cc(Br)c1OCc1cccc([N+](=O)[O-])c1. The summed E-state index contributed by atoms with van der Waals surface area (Å²) in [5.74, 6) is -1.12. The maximum atomic E-state index is 13.2. The van der Waals surface area contributed by atoms with Crippen molar-refractivity contribution in [2.24, 2.45) is 0 Å². The maximum absolute atomic E-state index is 13.2. The second kappa shape index (κ2) is 11.9. The molecule has 3 aromatic rings. The highest BCUT2D eigenvalue weighted by Gasteiger charge is 2.37. The summed E-state index contributed by atoms with van der Waals surface area (Å²) in [6.45, 7) is 2.06. The van der Waals surface area contributed by atoms with E-state index in [2.05, 4.69) is 21.2 Å². The van der Waals surface area contributed by atoms with E-state index in [0.29, 0.717) is 27.1 Å². The van der Waals surface area contributed by atoms with Crippen LogP contribution in [0.4, 0.5) is 16.2 Å². The first kappa shape index (κ1) is 28.1. The normalized spacial score (nSPS) is 14.4. The smallest absolute Gasteiger partial charge is 0.335 e. The number of halogens is 3. The highest BCUT2D eigenvalue weighted by Crippen LogP contribution is 2.38. The number of urea groups is 1. The van der Waals surface area contributed by atoms with Crippen LogP contribution in [0, 0.1) is 10.1 Å². The number of imide groups is 2.